The van der Waals surface area contributed by atoms with Crippen molar-refractivity contribution in [1.29, 1.82) is 0 Å². The van der Waals surface area contributed by atoms with Gasteiger partial charge in [0, 0.05) is 20.0 Å². The molecular weight excluding hydrogens is 557 g/mol. The molecule has 0 aliphatic rings. The largest absolute Gasteiger partial charge is 0.497 e. The Balaban J connectivity index is 1.77. The van der Waals surface area contributed by atoms with Crippen LogP contribution in [-0.2, 0) is 32.6 Å². The van der Waals surface area contributed by atoms with E-state index >= 15 is 0 Å². The number of hydrogen-bond acceptors (Lipinski definition) is 5. The van der Waals surface area contributed by atoms with Crippen LogP contribution in [0.25, 0.3) is 0 Å². The summed E-state index contributed by atoms with van der Waals surface area (Å²) in [6, 6.07) is 27.9. The smallest absolute Gasteiger partial charge is 0.264 e. The van der Waals surface area contributed by atoms with E-state index in [-0.39, 0.29) is 23.5 Å². The molecule has 1 atom stereocenters. The second kappa shape index (κ2) is 13.8. The van der Waals surface area contributed by atoms with Gasteiger partial charge in [-0.15, -0.1) is 0 Å². The summed E-state index contributed by atoms with van der Waals surface area (Å²) in [5.41, 5.74) is 1.63. The van der Waals surface area contributed by atoms with Crippen LogP contribution in [0.15, 0.2) is 114 Å². The quantitative estimate of drug-likeness (QED) is 0.264. The molecule has 0 heterocycles. The van der Waals surface area contributed by atoms with Crippen LogP contribution in [0.3, 0.4) is 0 Å². The Morgan fingerprint density at radius 2 is 1.43 bits per heavy atom. The molecule has 4 aromatic rings. The van der Waals surface area contributed by atoms with E-state index in [0.29, 0.717) is 11.3 Å². The number of sulfonamides is 1. The number of rotatable bonds is 12. The lowest BCUT2D eigenvalue weighted by atomic mass is 10.0. The van der Waals surface area contributed by atoms with Crippen molar-refractivity contribution in [2.45, 2.75) is 23.9 Å². The number of carbonyl (C=O) groups is 2. The van der Waals surface area contributed by atoms with E-state index in [0.717, 1.165) is 9.87 Å². The number of carbonyl (C=O) groups excluding carboxylic acids is 2. The van der Waals surface area contributed by atoms with Gasteiger partial charge in [0.25, 0.3) is 10.0 Å². The summed E-state index contributed by atoms with van der Waals surface area (Å²) in [4.78, 5) is 28.8. The van der Waals surface area contributed by atoms with Gasteiger partial charge in [-0.3, -0.25) is 13.9 Å². The van der Waals surface area contributed by atoms with Gasteiger partial charge < -0.3 is 15.0 Å². The zero-order chi connectivity index (χ0) is 30.1. The zero-order valence-electron chi connectivity index (χ0n) is 23.3. The molecule has 2 amide bonds. The minimum atomic E-state index is -4.20. The molecule has 0 unspecified atom stereocenters. The third-order valence-corrected chi connectivity index (χ3v) is 8.54. The number of halogens is 1. The summed E-state index contributed by atoms with van der Waals surface area (Å²) in [6.07, 6.45) is 0.182. The van der Waals surface area contributed by atoms with Gasteiger partial charge in [-0.25, -0.2) is 12.8 Å². The number of hydrogen-bond donors (Lipinski definition) is 1. The summed E-state index contributed by atoms with van der Waals surface area (Å²) >= 11 is 0. The lowest BCUT2D eigenvalue weighted by Crippen LogP contribution is -2.53. The van der Waals surface area contributed by atoms with E-state index in [1.54, 1.807) is 42.5 Å². The summed E-state index contributed by atoms with van der Waals surface area (Å²) in [5, 5.41) is 2.63. The van der Waals surface area contributed by atoms with Gasteiger partial charge in [0.15, 0.2) is 0 Å². The molecule has 0 bridgehead atoms. The first kappa shape index (κ1) is 30.3. The molecule has 0 fully saturated rings. The van der Waals surface area contributed by atoms with Crippen molar-refractivity contribution >= 4 is 27.5 Å². The maximum Gasteiger partial charge on any atom is 0.264 e. The summed E-state index contributed by atoms with van der Waals surface area (Å²) in [6.45, 7) is -0.640. The van der Waals surface area contributed by atoms with E-state index in [1.807, 2.05) is 30.3 Å². The standard InChI is InChI=1S/C32H32FN3O5S/c1-34-32(38)30(21-24-9-5-3-6-10-24)35(22-25-13-15-26(33)16-14-25)31(37)23-36(27-17-19-28(41-2)20-18-27)42(39,40)29-11-7-4-8-12-29/h3-20,30H,21-23H2,1-2H3,(H,34,38)/t30-/m1/s1. The van der Waals surface area contributed by atoms with Crippen molar-refractivity contribution in [1.82, 2.24) is 10.2 Å². The van der Waals surface area contributed by atoms with Crippen molar-refractivity contribution in [2.75, 3.05) is 25.0 Å². The van der Waals surface area contributed by atoms with Crippen molar-refractivity contribution in [3.05, 3.63) is 126 Å². The Kier molecular flexibility index (Phi) is 9.93. The first-order valence-electron chi connectivity index (χ1n) is 13.2. The van der Waals surface area contributed by atoms with E-state index in [1.165, 1.54) is 55.5 Å². The Labute approximate surface area is 245 Å². The second-order valence-electron chi connectivity index (χ2n) is 9.49. The van der Waals surface area contributed by atoms with Crippen molar-refractivity contribution in [2.24, 2.45) is 0 Å². The van der Waals surface area contributed by atoms with Crippen LogP contribution in [0.5, 0.6) is 5.75 Å². The fraction of sp³-hybridized carbons (Fsp3) is 0.188. The second-order valence-corrected chi connectivity index (χ2v) is 11.4. The number of likely N-dealkylation sites (N-methyl/N-ethyl adjacent to an activating group) is 1. The highest BCUT2D eigenvalue weighted by atomic mass is 32.2. The number of anilines is 1. The van der Waals surface area contributed by atoms with Gasteiger partial charge >= 0.3 is 0 Å². The van der Waals surface area contributed by atoms with Gasteiger partial charge in [-0.05, 0) is 59.7 Å². The molecule has 8 nitrogen and oxygen atoms in total. The minimum absolute atomic E-state index is 0.00541. The number of benzene rings is 4. The van der Waals surface area contributed by atoms with Crippen molar-refractivity contribution < 1.29 is 27.1 Å². The molecule has 1 N–H and O–H groups in total. The predicted octanol–water partition coefficient (Wildman–Crippen LogP) is 4.42. The third-order valence-electron chi connectivity index (χ3n) is 6.75. The minimum Gasteiger partial charge on any atom is -0.497 e. The highest BCUT2D eigenvalue weighted by Gasteiger charge is 2.34. The molecule has 0 saturated carbocycles. The van der Waals surface area contributed by atoms with E-state index in [2.05, 4.69) is 5.32 Å². The Bertz CT molecular complexity index is 1580. The van der Waals surface area contributed by atoms with Gasteiger partial charge in [0.1, 0.15) is 24.2 Å². The monoisotopic (exact) mass is 589 g/mol. The molecule has 42 heavy (non-hydrogen) atoms. The number of amides is 2. The van der Waals surface area contributed by atoms with E-state index in [4.69, 9.17) is 4.74 Å². The summed E-state index contributed by atoms with van der Waals surface area (Å²) in [5.74, 6) is -0.957. The van der Waals surface area contributed by atoms with E-state index in [9.17, 15) is 22.4 Å². The topological polar surface area (TPSA) is 96.0 Å². The average Bonchev–Trinajstić information content (AvgIpc) is 3.03. The van der Waals surface area contributed by atoms with Crippen LogP contribution in [-0.4, -0.2) is 51.9 Å². The summed E-state index contributed by atoms with van der Waals surface area (Å²) in [7, 11) is -1.22. The number of nitrogens with zero attached hydrogens (tertiary/aromatic N) is 2. The highest BCUT2D eigenvalue weighted by Crippen LogP contribution is 2.27. The number of ether oxygens (including phenoxy) is 1. The van der Waals surface area contributed by atoms with Crippen LogP contribution < -0.4 is 14.4 Å². The number of methoxy groups -OCH3 is 1. The van der Waals surface area contributed by atoms with Gasteiger partial charge in [-0.1, -0.05) is 60.7 Å². The molecule has 10 heteroatoms. The predicted molar refractivity (Wildman–Crippen MR) is 159 cm³/mol. The number of nitrogens with one attached hydrogen (secondary N) is 1. The molecule has 0 aliphatic carbocycles. The molecule has 0 aromatic heterocycles. The third kappa shape index (κ3) is 7.32. The molecule has 4 rings (SSSR count). The molecule has 0 aliphatic heterocycles. The molecule has 218 valence electrons. The SMILES string of the molecule is CNC(=O)[C@@H](Cc1ccccc1)N(Cc1ccc(F)cc1)C(=O)CN(c1ccc(OC)cc1)S(=O)(=O)c1ccccc1. The van der Waals surface area contributed by atoms with Gasteiger partial charge in [0.2, 0.25) is 11.8 Å². The highest BCUT2D eigenvalue weighted by molar-refractivity contribution is 7.92. The first-order valence-corrected chi connectivity index (χ1v) is 14.7. The zero-order valence-corrected chi connectivity index (χ0v) is 24.1. The lowest BCUT2D eigenvalue weighted by molar-refractivity contribution is -0.139. The Morgan fingerprint density at radius 1 is 0.833 bits per heavy atom. The van der Waals surface area contributed by atoms with Crippen molar-refractivity contribution in [3.8, 4) is 5.75 Å². The fourth-order valence-corrected chi connectivity index (χ4v) is 5.94. The fourth-order valence-electron chi connectivity index (χ4n) is 4.50. The molecule has 0 spiro atoms. The van der Waals surface area contributed by atoms with Crippen LogP contribution >= 0.6 is 0 Å². The van der Waals surface area contributed by atoms with Gasteiger partial charge in [-0.2, -0.15) is 0 Å². The Morgan fingerprint density at radius 3 is 2.00 bits per heavy atom. The maximum absolute atomic E-state index is 14.2. The molecule has 0 radical (unpaired) electrons. The van der Waals surface area contributed by atoms with Crippen LogP contribution in [0, 0.1) is 5.82 Å². The summed E-state index contributed by atoms with van der Waals surface area (Å²) < 4.78 is 47.7. The maximum atomic E-state index is 14.2. The van der Waals surface area contributed by atoms with Crippen LogP contribution in [0.2, 0.25) is 0 Å². The Hall–Kier alpha value is -4.70. The van der Waals surface area contributed by atoms with Crippen LogP contribution in [0.1, 0.15) is 11.1 Å². The van der Waals surface area contributed by atoms with Crippen molar-refractivity contribution in [3.63, 3.8) is 0 Å². The van der Waals surface area contributed by atoms with E-state index < -0.39 is 40.2 Å². The lowest BCUT2D eigenvalue weighted by Gasteiger charge is -2.33. The first-order chi connectivity index (χ1) is 20.2. The normalized spacial score (nSPS) is 11.8. The molecule has 0 saturated heterocycles. The molecule has 4 aromatic carbocycles. The average molecular weight is 590 g/mol. The van der Waals surface area contributed by atoms with Crippen LogP contribution in [0.4, 0.5) is 10.1 Å². The van der Waals surface area contributed by atoms with Gasteiger partial charge in [0.05, 0.1) is 17.7 Å². The molecular formula is C32H32FN3O5S.